The first-order valence-corrected chi connectivity index (χ1v) is 23.7. The third-order valence-electron chi connectivity index (χ3n) is 14.2. The van der Waals surface area contributed by atoms with E-state index in [1.807, 2.05) is 36.7 Å². The minimum atomic E-state index is -4.67. The van der Waals surface area contributed by atoms with Crippen molar-refractivity contribution in [3.05, 3.63) is 147 Å². The summed E-state index contributed by atoms with van der Waals surface area (Å²) in [5.41, 5.74) is 5.05. The summed E-state index contributed by atoms with van der Waals surface area (Å²) >= 11 is 0. The van der Waals surface area contributed by atoms with Crippen LogP contribution >= 0.6 is 0 Å². The van der Waals surface area contributed by atoms with Crippen molar-refractivity contribution in [2.45, 2.75) is 82.9 Å². The third-order valence-corrected chi connectivity index (χ3v) is 14.2. The minimum absolute atomic E-state index is 0.0608. The van der Waals surface area contributed by atoms with Crippen molar-refractivity contribution in [1.29, 1.82) is 0 Å². The summed E-state index contributed by atoms with van der Waals surface area (Å²) in [6.45, 7) is 8.68. The van der Waals surface area contributed by atoms with Crippen LogP contribution in [0.15, 0.2) is 96.3 Å². The van der Waals surface area contributed by atoms with E-state index in [0.717, 1.165) is 79.0 Å². The highest BCUT2D eigenvalue weighted by Crippen LogP contribution is 2.35. The van der Waals surface area contributed by atoms with Gasteiger partial charge in [-0.1, -0.05) is 43.3 Å². The number of piperidine rings is 2. The Hall–Kier alpha value is -6.63. The number of hydrogen-bond donors (Lipinski definition) is 1. The molecule has 4 aliphatic rings. The molecule has 3 saturated heterocycles. The van der Waals surface area contributed by atoms with E-state index in [-0.39, 0.29) is 42.3 Å². The van der Waals surface area contributed by atoms with E-state index >= 15 is 0 Å². The lowest BCUT2D eigenvalue weighted by Crippen LogP contribution is -2.52. The topological polar surface area (TPSA) is 143 Å². The van der Waals surface area contributed by atoms with Crippen molar-refractivity contribution in [3.8, 4) is 5.69 Å². The molecule has 3 atom stereocenters. The lowest BCUT2D eigenvalue weighted by atomic mass is 10.00. The molecule has 0 spiro atoms. The number of carbonyl (C=O) groups is 3. The summed E-state index contributed by atoms with van der Waals surface area (Å²) in [5.74, 6) is -0.309. The number of imidazole rings is 1. The zero-order chi connectivity index (χ0) is 48.0. The van der Waals surface area contributed by atoms with Crippen LogP contribution in [0.1, 0.15) is 88.1 Å². The number of aryl methyl sites for hydroxylation is 1. The maximum atomic E-state index is 14.6. The number of ether oxygens (including phenoxy) is 1. The highest BCUT2D eigenvalue weighted by atomic mass is 19.4. The summed E-state index contributed by atoms with van der Waals surface area (Å²) in [4.78, 5) is 59.6. The number of piperazine rings is 1. The first kappa shape index (κ1) is 46.1. The molecule has 15 nitrogen and oxygen atoms in total. The highest BCUT2D eigenvalue weighted by molar-refractivity contribution is 6.05. The standard InChI is InChI=1S/C51H55F3N10O5/c1-33(47-57-55-32-58(47)2)37-5-3-6-40(24-37)62-31-45-43(51(52,53)54)23-36(28-64(45)50(62)68)27-60-17-4-7-41(30-60)69-22-16-34-8-10-35(11-9-34)26-59-18-20-61(21-19-59)39-12-13-42-38(25-39)29-63(49(42)67)44-14-15-46(65)56-48(44)66/h3,5-6,8-13,23-25,28,31-33,41,44H,4,7,14-22,26-27,29-30H2,1-2H3,(H,56,65,66)/t33-,41+,44?/m1/s1. The largest absolute Gasteiger partial charge is 0.418 e. The molecule has 3 fully saturated rings. The van der Waals surface area contributed by atoms with Crippen LogP contribution in [0.3, 0.4) is 0 Å². The summed E-state index contributed by atoms with van der Waals surface area (Å²) < 4.78 is 54.4. The smallest absolute Gasteiger partial charge is 0.377 e. The lowest BCUT2D eigenvalue weighted by Gasteiger charge is -2.36. The fourth-order valence-electron chi connectivity index (χ4n) is 10.4. The molecular weight excluding hydrogens is 890 g/mol. The number of halogens is 3. The van der Waals surface area contributed by atoms with Gasteiger partial charge in [0.05, 0.1) is 29.5 Å². The van der Waals surface area contributed by atoms with Gasteiger partial charge in [0.15, 0.2) is 0 Å². The molecule has 0 aliphatic carbocycles. The average molecular weight is 945 g/mol. The van der Waals surface area contributed by atoms with Gasteiger partial charge >= 0.3 is 11.9 Å². The maximum absolute atomic E-state index is 14.6. The number of pyridine rings is 1. The Labute approximate surface area is 397 Å². The Kier molecular flexibility index (Phi) is 12.7. The number of likely N-dealkylation sites (tertiary alicyclic amines) is 1. The zero-order valence-electron chi connectivity index (χ0n) is 38.7. The van der Waals surface area contributed by atoms with Crippen LogP contribution in [0.2, 0.25) is 0 Å². The second-order valence-electron chi connectivity index (χ2n) is 18.9. The number of amides is 3. The van der Waals surface area contributed by atoms with Gasteiger partial charge in [-0.15, -0.1) is 10.2 Å². The van der Waals surface area contributed by atoms with Crippen LogP contribution in [0.4, 0.5) is 18.9 Å². The molecule has 3 aromatic carbocycles. The monoisotopic (exact) mass is 944 g/mol. The van der Waals surface area contributed by atoms with Crippen LogP contribution in [0, 0.1) is 0 Å². The Morgan fingerprint density at radius 3 is 2.38 bits per heavy atom. The number of rotatable bonds is 13. The molecule has 69 heavy (non-hydrogen) atoms. The van der Waals surface area contributed by atoms with Gasteiger partial charge in [-0.25, -0.2) is 4.79 Å². The molecule has 4 aliphatic heterocycles. The van der Waals surface area contributed by atoms with Gasteiger partial charge in [0.1, 0.15) is 18.2 Å². The van der Waals surface area contributed by atoms with Crippen LogP contribution < -0.4 is 15.9 Å². The molecule has 1 N–H and O–H groups in total. The van der Waals surface area contributed by atoms with Crippen LogP contribution in [-0.2, 0) is 53.6 Å². The lowest BCUT2D eigenvalue weighted by molar-refractivity contribution is -0.137. The Bertz CT molecular complexity index is 2960. The SMILES string of the molecule is C[C@H](c1cccc(-n2cc3c(C(F)(F)F)cc(CN4CCC[C@H](OCCc5ccc(CN6CCN(c7ccc8c(c7)CN(C7CCC(=O)NC7=O)C8=O)CC6)cc5)C4)cn3c2=O)c1)c1nncn1C. The predicted molar refractivity (Wildman–Crippen MR) is 251 cm³/mol. The van der Waals surface area contributed by atoms with Crippen molar-refractivity contribution in [1.82, 2.24) is 43.7 Å². The number of alkyl halides is 3. The van der Waals surface area contributed by atoms with E-state index in [1.165, 1.54) is 34.2 Å². The molecule has 0 bridgehead atoms. The molecular formula is C51H55F3N10O5. The number of benzene rings is 3. The molecule has 0 radical (unpaired) electrons. The van der Waals surface area contributed by atoms with Gasteiger partial charge in [0.2, 0.25) is 11.8 Å². The second kappa shape index (κ2) is 19.0. The molecule has 3 aromatic heterocycles. The van der Waals surface area contributed by atoms with Gasteiger partial charge < -0.3 is 19.1 Å². The quantitative estimate of drug-likeness (QED) is 0.144. The van der Waals surface area contributed by atoms with Crippen LogP contribution in [-0.4, -0.2) is 114 Å². The zero-order valence-corrected chi connectivity index (χ0v) is 38.7. The number of aromatic nitrogens is 5. The van der Waals surface area contributed by atoms with Gasteiger partial charge in [-0.05, 0) is 96.4 Å². The molecule has 1 unspecified atom stereocenters. The van der Waals surface area contributed by atoms with Crippen molar-refractivity contribution in [2.75, 3.05) is 50.8 Å². The summed E-state index contributed by atoms with van der Waals surface area (Å²) in [6, 6.07) is 22.3. The Balaban J connectivity index is 0.704. The van der Waals surface area contributed by atoms with Gasteiger partial charge in [0.25, 0.3) is 5.91 Å². The molecule has 6 aromatic rings. The van der Waals surface area contributed by atoms with Crippen LogP contribution in [0.25, 0.3) is 11.2 Å². The number of imide groups is 1. The van der Waals surface area contributed by atoms with E-state index in [9.17, 15) is 32.3 Å². The van der Waals surface area contributed by atoms with E-state index in [4.69, 9.17) is 4.74 Å². The van der Waals surface area contributed by atoms with Crippen molar-refractivity contribution < 1.29 is 32.3 Å². The predicted octanol–water partition coefficient (Wildman–Crippen LogP) is 5.70. The minimum Gasteiger partial charge on any atom is -0.377 e. The number of hydrogen-bond acceptors (Lipinski definition) is 10. The van der Waals surface area contributed by atoms with Gasteiger partial charge in [-0.3, -0.25) is 38.5 Å². The normalized spacial score (nSPS) is 19.9. The van der Waals surface area contributed by atoms with Gasteiger partial charge in [0, 0.05) is 95.4 Å². The molecule has 360 valence electrons. The molecule has 18 heteroatoms. The highest BCUT2D eigenvalue weighted by Gasteiger charge is 2.40. The number of anilines is 1. The van der Waals surface area contributed by atoms with Crippen molar-refractivity contribution >= 4 is 28.9 Å². The molecule has 10 rings (SSSR count). The average Bonchev–Trinajstić information content (AvgIpc) is 4.02. The van der Waals surface area contributed by atoms with E-state index < -0.39 is 29.4 Å². The summed E-state index contributed by atoms with van der Waals surface area (Å²) in [6.07, 6.45) is 2.70. The maximum Gasteiger partial charge on any atom is 0.418 e. The number of nitrogens with zero attached hydrogens (tertiary/aromatic N) is 9. The molecule has 7 heterocycles. The second-order valence-corrected chi connectivity index (χ2v) is 18.9. The third kappa shape index (κ3) is 9.70. The van der Waals surface area contributed by atoms with Crippen LogP contribution in [0.5, 0.6) is 0 Å². The van der Waals surface area contributed by atoms with Crippen molar-refractivity contribution in [2.24, 2.45) is 7.05 Å². The first-order valence-electron chi connectivity index (χ1n) is 23.7. The van der Waals surface area contributed by atoms with E-state index in [1.54, 1.807) is 29.4 Å². The van der Waals surface area contributed by atoms with E-state index in [0.29, 0.717) is 49.5 Å². The van der Waals surface area contributed by atoms with Crippen molar-refractivity contribution in [3.63, 3.8) is 0 Å². The Morgan fingerprint density at radius 2 is 1.62 bits per heavy atom. The number of carbonyl (C=O) groups excluding carboxylic acids is 3. The molecule has 0 saturated carbocycles. The van der Waals surface area contributed by atoms with Gasteiger partial charge in [-0.2, -0.15) is 13.2 Å². The number of nitrogens with one attached hydrogen (secondary N) is 1. The summed E-state index contributed by atoms with van der Waals surface area (Å²) in [5, 5.41) is 10.5. The molecule has 3 amide bonds. The summed E-state index contributed by atoms with van der Waals surface area (Å²) in [7, 11) is 1.84. The Morgan fingerprint density at radius 1 is 0.841 bits per heavy atom. The fourth-order valence-corrected chi connectivity index (χ4v) is 10.4. The first-order chi connectivity index (χ1) is 33.2. The van der Waals surface area contributed by atoms with E-state index in [2.05, 4.69) is 60.5 Å². The number of fused-ring (bicyclic) bond motifs is 2. The fraction of sp³-hybridized carbons (Fsp3) is 0.412.